The maximum atomic E-state index is 12.8. The summed E-state index contributed by atoms with van der Waals surface area (Å²) in [5, 5.41) is 0. The van der Waals surface area contributed by atoms with E-state index in [0.29, 0.717) is 11.1 Å². The number of carbonyl (C=O) groups is 1. The molecule has 8 heteroatoms. The van der Waals surface area contributed by atoms with Crippen LogP contribution in [-0.4, -0.2) is 19.7 Å². The lowest BCUT2D eigenvalue weighted by Crippen LogP contribution is -2.05. The van der Waals surface area contributed by atoms with Gasteiger partial charge < -0.3 is 4.74 Å². The van der Waals surface area contributed by atoms with E-state index in [-0.39, 0.29) is 12.2 Å². The van der Waals surface area contributed by atoms with Crippen LogP contribution in [0.5, 0.6) is 0 Å². The Kier molecular flexibility index (Phi) is 5.59. The van der Waals surface area contributed by atoms with Crippen molar-refractivity contribution in [3.8, 4) is 0 Å². The molecule has 27 heavy (non-hydrogen) atoms. The van der Waals surface area contributed by atoms with E-state index in [1.807, 2.05) is 19.1 Å². The molecule has 2 aromatic carbocycles. The third kappa shape index (κ3) is 4.18. The van der Waals surface area contributed by atoms with Crippen molar-refractivity contribution in [2.45, 2.75) is 18.0 Å². The van der Waals surface area contributed by atoms with Crippen molar-refractivity contribution in [1.82, 2.24) is 0 Å². The largest absolute Gasteiger partial charge is 0.457 e. The van der Waals surface area contributed by atoms with Crippen molar-refractivity contribution in [2.24, 2.45) is 0 Å². The molecule has 0 bridgehead atoms. The highest BCUT2D eigenvalue weighted by atomic mass is 32.2. The molecule has 0 atom stereocenters. The van der Waals surface area contributed by atoms with Crippen molar-refractivity contribution in [3.05, 3.63) is 64.7 Å². The minimum absolute atomic E-state index is 0.0652. The van der Waals surface area contributed by atoms with Gasteiger partial charge in [0.05, 0.1) is 30.3 Å². The fraction of sp³-hybridized carbons (Fsp3) is 0.211. The highest BCUT2D eigenvalue weighted by Crippen LogP contribution is 2.36. The lowest BCUT2D eigenvalue weighted by Gasteiger charge is -2.10. The highest BCUT2D eigenvalue weighted by molar-refractivity contribution is 7.94. The fourth-order valence-electron chi connectivity index (χ4n) is 2.75. The van der Waals surface area contributed by atoms with Gasteiger partial charge in [0.1, 0.15) is 6.61 Å². The topological polar surface area (TPSA) is 44.8 Å². The SMILES string of the molecule is COOSc1ccc(C2=C(c3ccc(C(F)(F)F)cc3)C(=O)OC2)cc1C. The number of aryl methyl sites for hydroxylation is 1. The number of carbonyl (C=O) groups excluding carboxylic acids is 1. The van der Waals surface area contributed by atoms with Crippen LogP contribution in [0.4, 0.5) is 13.2 Å². The summed E-state index contributed by atoms with van der Waals surface area (Å²) in [6.07, 6.45) is -4.43. The van der Waals surface area contributed by atoms with E-state index >= 15 is 0 Å². The van der Waals surface area contributed by atoms with E-state index in [9.17, 15) is 18.0 Å². The smallest absolute Gasteiger partial charge is 0.416 e. The predicted octanol–water partition coefficient (Wildman–Crippen LogP) is 5.07. The summed E-state index contributed by atoms with van der Waals surface area (Å²) >= 11 is 1.06. The second-order valence-electron chi connectivity index (χ2n) is 5.80. The average molecular weight is 396 g/mol. The van der Waals surface area contributed by atoms with E-state index in [0.717, 1.165) is 40.2 Å². The van der Waals surface area contributed by atoms with Gasteiger partial charge in [0.15, 0.2) is 0 Å². The van der Waals surface area contributed by atoms with E-state index in [4.69, 9.17) is 9.07 Å². The number of ether oxygens (including phenoxy) is 1. The molecule has 2 aromatic rings. The summed E-state index contributed by atoms with van der Waals surface area (Å²) in [5.41, 5.74) is 2.18. The predicted molar refractivity (Wildman–Crippen MR) is 94.3 cm³/mol. The van der Waals surface area contributed by atoms with Crippen LogP contribution < -0.4 is 0 Å². The molecule has 0 unspecified atom stereocenters. The molecule has 0 saturated carbocycles. The summed E-state index contributed by atoms with van der Waals surface area (Å²) in [7, 11) is 1.40. The number of hydrogen-bond donors (Lipinski definition) is 0. The molecule has 0 aromatic heterocycles. The van der Waals surface area contributed by atoms with Crippen molar-refractivity contribution < 1.29 is 31.9 Å². The molecule has 4 nitrogen and oxygen atoms in total. The molecule has 142 valence electrons. The van der Waals surface area contributed by atoms with Gasteiger partial charge in [-0.15, -0.1) is 0 Å². The molecule has 1 heterocycles. The number of benzene rings is 2. The van der Waals surface area contributed by atoms with E-state index in [1.165, 1.54) is 19.2 Å². The Labute approximate surface area is 158 Å². The quantitative estimate of drug-likeness (QED) is 0.306. The van der Waals surface area contributed by atoms with Crippen LogP contribution in [0.2, 0.25) is 0 Å². The Morgan fingerprint density at radius 2 is 1.74 bits per heavy atom. The van der Waals surface area contributed by atoms with Gasteiger partial charge in [0.2, 0.25) is 0 Å². The molecular formula is C19H15F3O4S. The van der Waals surface area contributed by atoms with Crippen molar-refractivity contribution in [3.63, 3.8) is 0 Å². The Hall–Kier alpha value is -2.29. The van der Waals surface area contributed by atoms with Gasteiger partial charge >= 0.3 is 12.1 Å². The van der Waals surface area contributed by atoms with Crippen LogP contribution in [0.15, 0.2) is 47.4 Å². The fourth-order valence-corrected chi connectivity index (χ4v) is 3.21. The third-order valence-electron chi connectivity index (χ3n) is 4.07. The van der Waals surface area contributed by atoms with Gasteiger partial charge in [0, 0.05) is 10.5 Å². The zero-order valence-corrected chi connectivity index (χ0v) is 15.2. The zero-order valence-electron chi connectivity index (χ0n) is 14.4. The molecule has 0 N–H and O–H groups in total. The first-order valence-electron chi connectivity index (χ1n) is 7.87. The van der Waals surface area contributed by atoms with Crippen LogP contribution in [0.3, 0.4) is 0 Å². The Balaban J connectivity index is 1.99. The van der Waals surface area contributed by atoms with E-state index < -0.39 is 17.7 Å². The first kappa shape index (κ1) is 19.5. The minimum atomic E-state index is -4.43. The highest BCUT2D eigenvalue weighted by Gasteiger charge is 2.32. The van der Waals surface area contributed by atoms with E-state index in [1.54, 1.807) is 6.07 Å². The third-order valence-corrected chi connectivity index (χ3v) is 4.91. The summed E-state index contributed by atoms with van der Waals surface area (Å²) in [5.74, 6) is -0.552. The second kappa shape index (κ2) is 7.75. The molecule has 0 saturated heterocycles. The maximum Gasteiger partial charge on any atom is 0.416 e. The lowest BCUT2D eigenvalue weighted by molar-refractivity contribution is -0.160. The molecule has 0 radical (unpaired) electrons. The van der Waals surface area contributed by atoms with Crippen LogP contribution in [-0.2, 0) is 24.9 Å². The molecule has 0 fully saturated rings. The van der Waals surface area contributed by atoms with Gasteiger partial charge in [-0.05, 0) is 41.8 Å². The molecule has 1 aliphatic heterocycles. The molecular weight excluding hydrogens is 381 g/mol. The minimum Gasteiger partial charge on any atom is -0.457 e. The number of alkyl halides is 3. The number of rotatable bonds is 5. The standard InChI is InChI=1S/C19H15F3O4S/c1-11-9-13(5-8-16(11)27-26-24-2)15-10-25-18(23)17(15)12-3-6-14(7-4-12)19(20,21)22/h3-9H,10H2,1-2H3. The molecule has 0 aliphatic carbocycles. The van der Waals surface area contributed by atoms with Crippen LogP contribution in [0.1, 0.15) is 22.3 Å². The Bertz CT molecular complexity index is 889. The molecule has 3 rings (SSSR count). The van der Waals surface area contributed by atoms with Crippen molar-refractivity contribution in [2.75, 3.05) is 13.7 Å². The Morgan fingerprint density at radius 3 is 2.33 bits per heavy atom. The maximum absolute atomic E-state index is 12.8. The average Bonchev–Trinajstić information content (AvgIpc) is 3.01. The first-order chi connectivity index (χ1) is 12.8. The van der Waals surface area contributed by atoms with Gasteiger partial charge in [-0.2, -0.15) is 17.5 Å². The van der Waals surface area contributed by atoms with Crippen LogP contribution >= 0.6 is 12.0 Å². The van der Waals surface area contributed by atoms with Crippen LogP contribution in [0, 0.1) is 6.92 Å². The second-order valence-corrected chi connectivity index (χ2v) is 6.55. The van der Waals surface area contributed by atoms with Crippen molar-refractivity contribution in [1.29, 1.82) is 0 Å². The number of hydrogen-bond acceptors (Lipinski definition) is 5. The Morgan fingerprint density at radius 1 is 1.07 bits per heavy atom. The van der Waals surface area contributed by atoms with Crippen molar-refractivity contribution >= 4 is 29.2 Å². The number of cyclic esters (lactones) is 1. The van der Waals surface area contributed by atoms with E-state index in [2.05, 4.69) is 4.89 Å². The number of halogens is 3. The lowest BCUT2D eigenvalue weighted by atomic mass is 9.95. The molecule has 0 amide bonds. The summed E-state index contributed by atoms with van der Waals surface area (Å²) in [6.45, 7) is 1.94. The summed E-state index contributed by atoms with van der Waals surface area (Å²) in [6, 6.07) is 9.97. The van der Waals surface area contributed by atoms with Gasteiger partial charge in [-0.25, -0.2) is 9.68 Å². The first-order valence-corrected chi connectivity index (χ1v) is 8.61. The summed E-state index contributed by atoms with van der Waals surface area (Å²) < 4.78 is 48.3. The molecule has 1 aliphatic rings. The van der Waals surface area contributed by atoms with Gasteiger partial charge in [0.25, 0.3) is 0 Å². The number of esters is 1. The monoisotopic (exact) mass is 396 g/mol. The zero-order chi connectivity index (χ0) is 19.6. The van der Waals surface area contributed by atoms with Crippen LogP contribution in [0.25, 0.3) is 11.1 Å². The summed E-state index contributed by atoms with van der Waals surface area (Å²) in [4.78, 5) is 17.6. The van der Waals surface area contributed by atoms with Gasteiger partial charge in [-0.3, -0.25) is 0 Å². The molecule has 0 spiro atoms. The van der Waals surface area contributed by atoms with Gasteiger partial charge in [-0.1, -0.05) is 24.3 Å². The normalized spacial score (nSPS) is 14.6.